The molecule has 0 aliphatic carbocycles. The SMILES string of the molecule is CCc1nn2c(c1-c1ccc(OC)cc1)NC(=O)C2CC(=O)Nc1ccccc1C. The normalized spacial score (nSPS) is 14.9. The van der Waals surface area contributed by atoms with Crippen LogP contribution in [0.5, 0.6) is 5.75 Å². The monoisotopic (exact) mass is 404 g/mol. The number of hydrogen-bond donors (Lipinski definition) is 2. The quantitative estimate of drug-likeness (QED) is 0.651. The third-order valence-electron chi connectivity index (χ3n) is 5.33. The van der Waals surface area contributed by atoms with Gasteiger partial charge in [-0.1, -0.05) is 37.3 Å². The van der Waals surface area contributed by atoms with Crippen LogP contribution in [0.4, 0.5) is 11.5 Å². The summed E-state index contributed by atoms with van der Waals surface area (Å²) in [6.45, 7) is 3.95. The van der Waals surface area contributed by atoms with Gasteiger partial charge in [0.1, 0.15) is 17.6 Å². The molecule has 2 amide bonds. The second kappa shape index (κ2) is 8.02. The highest BCUT2D eigenvalue weighted by Gasteiger charge is 2.36. The lowest BCUT2D eigenvalue weighted by atomic mass is 10.0. The van der Waals surface area contributed by atoms with Crippen molar-refractivity contribution in [1.29, 1.82) is 0 Å². The lowest BCUT2D eigenvalue weighted by Gasteiger charge is -2.11. The second-order valence-corrected chi connectivity index (χ2v) is 7.27. The number of benzene rings is 2. The Hall–Kier alpha value is -3.61. The molecule has 1 aromatic heterocycles. The van der Waals surface area contributed by atoms with Crippen molar-refractivity contribution in [2.45, 2.75) is 32.7 Å². The Morgan fingerprint density at radius 3 is 2.60 bits per heavy atom. The largest absolute Gasteiger partial charge is 0.497 e. The average Bonchev–Trinajstić information content (AvgIpc) is 3.25. The number of anilines is 2. The Balaban J connectivity index is 1.61. The molecule has 154 valence electrons. The van der Waals surface area contributed by atoms with E-state index in [0.717, 1.165) is 33.8 Å². The van der Waals surface area contributed by atoms with Gasteiger partial charge in [0.15, 0.2) is 0 Å². The van der Waals surface area contributed by atoms with Crippen molar-refractivity contribution in [3.8, 4) is 16.9 Å². The molecule has 30 heavy (non-hydrogen) atoms. The number of para-hydroxylation sites is 1. The molecule has 0 spiro atoms. The minimum atomic E-state index is -0.679. The minimum absolute atomic E-state index is 0.0139. The van der Waals surface area contributed by atoms with E-state index in [1.807, 2.05) is 62.4 Å². The van der Waals surface area contributed by atoms with E-state index >= 15 is 0 Å². The summed E-state index contributed by atoms with van der Waals surface area (Å²) in [6, 6.07) is 14.5. The van der Waals surface area contributed by atoms with E-state index < -0.39 is 6.04 Å². The number of carbonyl (C=O) groups excluding carboxylic acids is 2. The molecular weight excluding hydrogens is 380 g/mol. The van der Waals surface area contributed by atoms with Gasteiger partial charge >= 0.3 is 0 Å². The van der Waals surface area contributed by atoms with E-state index in [0.29, 0.717) is 12.2 Å². The highest BCUT2D eigenvalue weighted by atomic mass is 16.5. The molecule has 4 rings (SSSR count). The number of rotatable bonds is 6. The summed E-state index contributed by atoms with van der Waals surface area (Å²) in [4.78, 5) is 25.3. The number of fused-ring (bicyclic) bond motifs is 1. The van der Waals surface area contributed by atoms with Crippen LogP contribution in [0.2, 0.25) is 0 Å². The lowest BCUT2D eigenvalue weighted by Crippen LogP contribution is -2.24. The molecule has 0 bridgehead atoms. The molecule has 0 saturated heterocycles. The zero-order chi connectivity index (χ0) is 21.3. The van der Waals surface area contributed by atoms with Gasteiger partial charge in [0.05, 0.1) is 19.2 Å². The first-order valence-electron chi connectivity index (χ1n) is 9.94. The maximum Gasteiger partial charge on any atom is 0.251 e. The average molecular weight is 404 g/mol. The van der Waals surface area contributed by atoms with Gasteiger partial charge in [-0.2, -0.15) is 5.10 Å². The topological polar surface area (TPSA) is 85.2 Å². The third-order valence-corrected chi connectivity index (χ3v) is 5.33. The van der Waals surface area contributed by atoms with Crippen molar-refractivity contribution in [3.05, 3.63) is 59.8 Å². The predicted molar refractivity (Wildman–Crippen MR) is 116 cm³/mol. The van der Waals surface area contributed by atoms with Crippen LogP contribution in [0.25, 0.3) is 11.1 Å². The summed E-state index contributed by atoms with van der Waals surface area (Å²) in [5, 5.41) is 10.5. The van der Waals surface area contributed by atoms with Crippen molar-refractivity contribution < 1.29 is 14.3 Å². The molecule has 0 fully saturated rings. The fourth-order valence-corrected chi connectivity index (χ4v) is 3.72. The Bertz CT molecular complexity index is 1100. The van der Waals surface area contributed by atoms with Crippen LogP contribution in [-0.2, 0) is 16.0 Å². The first-order valence-corrected chi connectivity index (χ1v) is 9.94. The van der Waals surface area contributed by atoms with Gasteiger partial charge in [-0.15, -0.1) is 0 Å². The van der Waals surface area contributed by atoms with Crippen LogP contribution in [-0.4, -0.2) is 28.7 Å². The van der Waals surface area contributed by atoms with Gasteiger partial charge < -0.3 is 15.4 Å². The summed E-state index contributed by atoms with van der Waals surface area (Å²) < 4.78 is 6.89. The Kier molecular flexibility index (Phi) is 5.27. The number of amides is 2. The van der Waals surface area contributed by atoms with Crippen molar-refractivity contribution in [2.75, 3.05) is 17.7 Å². The van der Waals surface area contributed by atoms with Gasteiger partial charge in [0.25, 0.3) is 5.91 Å². The highest BCUT2D eigenvalue weighted by molar-refractivity contribution is 6.04. The van der Waals surface area contributed by atoms with Crippen molar-refractivity contribution >= 4 is 23.3 Å². The molecule has 3 aromatic rings. The van der Waals surface area contributed by atoms with E-state index in [1.54, 1.807) is 11.8 Å². The predicted octanol–water partition coefficient (Wildman–Crippen LogP) is 3.95. The molecule has 0 radical (unpaired) electrons. The van der Waals surface area contributed by atoms with Crippen LogP contribution < -0.4 is 15.4 Å². The molecule has 7 heteroatoms. The third kappa shape index (κ3) is 3.54. The van der Waals surface area contributed by atoms with E-state index in [-0.39, 0.29) is 18.2 Å². The molecule has 1 unspecified atom stereocenters. The molecule has 1 aliphatic rings. The van der Waals surface area contributed by atoms with Gasteiger partial charge in [-0.3, -0.25) is 9.59 Å². The Morgan fingerprint density at radius 1 is 1.20 bits per heavy atom. The maximum atomic E-state index is 12.7. The van der Waals surface area contributed by atoms with Crippen LogP contribution in [0, 0.1) is 6.92 Å². The number of nitrogens with zero attached hydrogens (tertiary/aromatic N) is 2. The maximum absolute atomic E-state index is 12.7. The number of methoxy groups -OCH3 is 1. The smallest absolute Gasteiger partial charge is 0.251 e. The van der Waals surface area contributed by atoms with Crippen molar-refractivity contribution in [2.24, 2.45) is 0 Å². The zero-order valence-corrected chi connectivity index (χ0v) is 17.2. The summed E-state index contributed by atoms with van der Waals surface area (Å²) in [5.41, 5.74) is 4.42. The number of ether oxygens (including phenoxy) is 1. The zero-order valence-electron chi connectivity index (χ0n) is 17.2. The van der Waals surface area contributed by atoms with Crippen molar-refractivity contribution in [1.82, 2.24) is 9.78 Å². The van der Waals surface area contributed by atoms with Crippen LogP contribution in [0.1, 0.15) is 30.6 Å². The fraction of sp³-hybridized carbons (Fsp3) is 0.261. The van der Waals surface area contributed by atoms with E-state index in [1.165, 1.54) is 0 Å². The first kappa shape index (κ1) is 19.7. The number of aryl methyl sites for hydroxylation is 2. The van der Waals surface area contributed by atoms with Gasteiger partial charge in [0, 0.05) is 11.3 Å². The lowest BCUT2D eigenvalue weighted by molar-refractivity contribution is -0.123. The molecule has 0 saturated carbocycles. The molecule has 1 aliphatic heterocycles. The van der Waals surface area contributed by atoms with Gasteiger partial charge in [0.2, 0.25) is 5.91 Å². The number of carbonyl (C=O) groups is 2. The summed E-state index contributed by atoms with van der Waals surface area (Å²) >= 11 is 0. The molecule has 2 heterocycles. The molecular formula is C23H24N4O3. The second-order valence-electron chi connectivity index (χ2n) is 7.27. The standard InChI is InChI=1S/C23H24N4O3/c1-4-17-21(15-9-11-16(30-3)12-10-15)22-25-23(29)19(27(22)26-17)13-20(28)24-18-8-6-5-7-14(18)2/h5-12,19H,4,13H2,1-3H3,(H,24,28)(H,25,29). The first-order chi connectivity index (χ1) is 14.5. The van der Waals surface area contributed by atoms with Crippen molar-refractivity contribution in [3.63, 3.8) is 0 Å². The summed E-state index contributed by atoms with van der Waals surface area (Å²) in [7, 11) is 1.62. The number of nitrogens with one attached hydrogen (secondary N) is 2. The van der Waals surface area contributed by atoms with Gasteiger partial charge in [-0.05, 0) is 42.7 Å². The fourth-order valence-electron chi connectivity index (χ4n) is 3.72. The van der Waals surface area contributed by atoms with Gasteiger partial charge in [-0.25, -0.2) is 4.68 Å². The minimum Gasteiger partial charge on any atom is -0.497 e. The number of aromatic nitrogens is 2. The summed E-state index contributed by atoms with van der Waals surface area (Å²) in [6.07, 6.45) is 0.722. The Labute approximate surface area is 175 Å². The molecule has 2 N–H and O–H groups in total. The highest BCUT2D eigenvalue weighted by Crippen LogP contribution is 2.39. The molecule has 2 aromatic carbocycles. The van der Waals surface area contributed by atoms with Crippen LogP contribution in [0.3, 0.4) is 0 Å². The van der Waals surface area contributed by atoms with E-state index in [2.05, 4.69) is 15.7 Å². The summed E-state index contributed by atoms with van der Waals surface area (Å²) in [5.74, 6) is 0.942. The van der Waals surface area contributed by atoms with Crippen LogP contribution >= 0.6 is 0 Å². The Morgan fingerprint density at radius 2 is 1.93 bits per heavy atom. The molecule has 7 nitrogen and oxygen atoms in total. The van der Waals surface area contributed by atoms with Crippen LogP contribution in [0.15, 0.2) is 48.5 Å². The van der Waals surface area contributed by atoms with E-state index in [4.69, 9.17) is 4.74 Å². The number of hydrogen-bond acceptors (Lipinski definition) is 4. The molecule has 1 atom stereocenters. The van der Waals surface area contributed by atoms with E-state index in [9.17, 15) is 9.59 Å².